The first kappa shape index (κ1) is 27.8. The van der Waals surface area contributed by atoms with Gasteiger partial charge in [-0.25, -0.2) is 0 Å². The summed E-state index contributed by atoms with van der Waals surface area (Å²) in [6, 6.07) is 2.43. The molecule has 37 heavy (non-hydrogen) atoms. The van der Waals surface area contributed by atoms with Gasteiger partial charge in [0.05, 0.1) is 17.7 Å². The predicted octanol–water partition coefficient (Wildman–Crippen LogP) is 5.81. The molecule has 0 radical (unpaired) electrons. The van der Waals surface area contributed by atoms with E-state index in [1.165, 1.54) is 24.1 Å². The van der Waals surface area contributed by atoms with Crippen LogP contribution >= 0.6 is 0 Å². The number of ketones is 1. The number of carbonyl (C=O) groups is 1. The number of hydrogen-bond acceptors (Lipinski definition) is 6. The molecule has 1 fully saturated rings. The molecule has 1 aromatic rings. The van der Waals surface area contributed by atoms with E-state index in [0.29, 0.717) is 24.0 Å². The van der Waals surface area contributed by atoms with Crippen LogP contribution in [0.5, 0.6) is 0 Å². The summed E-state index contributed by atoms with van der Waals surface area (Å²) in [7, 11) is 0. The minimum Gasteiger partial charge on any atom is -0.384 e. The van der Waals surface area contributed by atoms with Crippen LogP contribution in [-0.4, -0.2) is 47.2 Å². The summed E-state index contributed by atoms with van der Waals surface area (Å²) < 4.78 is 0. The third-order valence-electron chi connectivity index (χ3n) is 8.20. The summed E-state index contributed by atoms with van der Waals surface area (Å²) in [4.78, 5) is 18.2. The van der Waals surface area contributed by atoms with Crippen molar-refractivity contribution in [1.82, 2.24) is 9.99 Å². The molecule has 1 saturated carbocycles. The van der Waals surface area contributed by atoms with Crippen molar-refractivity contribution in [3.05, 3.63) is 29.1 Å². The highest BCUT2D eigenvalue weighted by Crippen LogP contribution is 2.35. The van der Waals surface area contributed by atoms with Crippen molar-refractivity contribution in [2.45, 2.75) is 104 Å². The number of pyridine rings is 1. The Kier molecular flexibility index (Phi) is 8.18. The number of carbonyl (C=O) groups excluding carboxylic acids is 1. The first-order valence-electron chi connectivity index (χ1n) is 14.4. The van der Waals surface area contributed by atoms with Crippen molar-refractivity contribution in [3.8, 4) is 0 Å². The average Bonchev–Trinajstić information content (AvgIpc) is 3.15. The quantitative estimate of drug-likeness (QED) is 0.487. The summed E-state index contributed by atoms with van der Waals surface area (Å²) in [5.41, 5.74) is 11.0. The minimum atomic E-state index is -0.0720. The molecule has 1 aliphatic heterocycles. The first-order chi connectivity index (χ1) is 17.3. The van der Waals surface area contributed by atoms with E-state index in [-0.39, 0.29) is 28.8 Å². The number of nitrogens with one attached hydrogen (secondary N) is 1. The zero-order valence-corrected chi connectivity index (χ0v) is 24.2. The Morgan fingerprint density at radius 1 is 1.16 bits per heavy atom. The first-order valence-corrected chi connectivity index (χ1v) is 14.4. The van der Waals surface area contributed by atoms with Crippen LogP contribution in [0.3, 0.4) is 0 Å². The van der Waals surface area contributed by atoms with Crippen molar-refractivity contribution in [2.75, 3.05) is 18.4 Å². The number of aromatic nitrogens is 1. The smallest absolute Gasteiger partial charge is 0.143 e. The number of hydrogen-bond donors (Lipinski definition) is 2. The number of anilines is 1. The average molecular weight is 508 g/mol. The van der Waals surface area contributed by atoms with E-state index < -0.39 is 0 Å². The molecule has 0 aromatic carbocycles. The van der Waals surface area contributed by atoms with E-state index in [1.807, 2.05) is 6.21 Å². The Morgan fingerprint density at radius 2 is 1.89 bits per heavy atom. The summed E-state index contributed by atoms with van der Waals surface area (Å²) in [5, 5.41) is 10.5. The number of fused-ring (bicyclic) bond motifs is 1. The highest BCUT2D eigenvalue weighted by atomic mass is 16.1. The number of nitrogens with zero attached hydrogens (tertiary/aromatic N) is 3. The Labute approximate surface area is 224 Å². The minimum absolute atomic E-state index is 0.0156. The second kappa shape index (κ2) is 10.9. The van der Waals surface area contributed by atoms with E-state index >= 15 is 0 Å². The molecule has 5 atom stereocenters. The molecule has 2 aliphatic carbocycles. The van der Waals surface area contributed by atoms with Gasteiger partial charge in [0.25, 0.3) is 0 Å². The van der Waals surface area contributed by atoms with Gasteiger partial charge in [-0.05, 0) is 55.6 Å². The molecule has 0 amide bonds. The van der Waals surface area contributed by atoms with Crippen LogP contribution in [0.1, 0.15) is 97.5 Å². The molecule has 3 aliphatic rings. The topological polar surface area (TPSA) is 83.6 Å². The molecule has 0 bridgehead atoms. The molecular weight excluding hydrogens is 458 g/mol. The Bertz CT molecular complexity index is 1030. The monoisotopic (exact) mass is 507 g/mol. The second-order valence-electron chi connectivity index (χ2n) is 14.0. The lowest BCUT2D eigenvalue weighted by Gasteiger charge is -2.32. The van der Waals surface area contributed by atoms with Crippen LogP contribution in [-0.2, 0) is 16.6 Å². The molecule has 1 aromatic heterocycles. The van der Waals surface area contributed by atoms with Gasteiger partial charge in [0.15, 0.2) is 0 Å². The Balaban J connectivity index is 1.36. The fourth-order valence-electron chi connectivity index (χ4n) is 6.05. The van der Waals surface area contributed by atoms with Gasteiger partial charge in [-0.3, -0.25) is 14.8 Å². The van der Waals surface area contributed by atoms with Gasteiger partial charge in [-0.1, -0.05) is 60.5 Å². The Morgan fingerprint density at radius 3 is 2.59 bits per heavy atom. The van der Waals surface area contributed by atoms with E-state index in [2.05, 4.69) is 82.1 Å². The second-order valence-corrected chi connectivity index (χ2v) is 14.0. The van der Waals surface area contributed by atoms with Gasteiger partial charge in [0.2, 0.25) is 0 Å². The molecule has 204 valence electrons. The zero-order chi connectivity index (χ0) is 27.0. The van der Waals surface area contributed by atoms with Gasteiger partial charge in [-0.2, -0.15) is 5.10 Å². The third-order valence-corrected chi connectivity index (χ3v) is 8.20. The molecule has 3 unspecified atom stereocenters. The lowest BCUT2D eigenvalue weighted by atomic mass is 9.77. The van der Waals surface area contributed by atoms with Crippen LogP contribution in [0.15, 0.2) is 17.2 Å². The SMILES string of the molecule is CC1C(C(=O)C[C@@H]2CCCC(CNc3cc(C(C)(C)C)nc4c3C[C@@H](N)C=C4)C2)C=NN1CC(C)(C)C. The lowest BCUT2D eigenvalue weighted by molar-refractivity contribution is -0.123. The van der Waals surface area contributed by atoms with E-state index in [0.717, 1.165) is 43.7 Å². The number of Topliss-reactive ketones (excluding diaryl/α,β-unsaturated/α-hetero) is 1. The lowest BCUT2D eigenvalue weighted by Crippen LogP contribution is -2.38. The van der Waals surface area contributed by atoms with E-state index in [9.17, 15) is 4.79 Å². The zero-order valence-electron chi connectivity index (χ0n) is 24.2. The van der Waals surface area contributed by atoms with Crippen molar-refractivity contribution in [2.24, 2.45) is 34.0 Å². The van der Waals surface area contributed by atoms with Crippen LogP contribution in [0.25, 0.3) is 6.08 Å². The van der Waals surface area contributed by atoms with E-state index in [1.54, 1.807) is 0 Å². The fraction of sp³-hybridized carbons (Fsp3) is 0.710. The molecule has 6 nitrogen and oxygen atoms in total. The van der Waals surface area contributed by atoms with Crippen molar-refractivity contribution >= 4 is 23.8 Å². The highest BCUT2D eigenvalue weighted by Gasteiger charge is 2.35. The molecule has 4 rings (SSSR count). The number of hydrazone groups is 1. The Hall–Kier alpha value is -2.21. The van der Waals surface area contributed by atoms with Gasteiger partial charge >= 0.3 is 0 Å². The van der Waals surface area contributed by atoms with Gasteiger partial charge in [-0.15, -0.1) is 0 Å². The highest BCUT2D eigenvalue weighted by molar-refractivity contribution is 5.96. The molecule has 0 saturated heterocycles. The standard InChI is InChI=1S/C31H49N5O/c1-20-25(18-34-36(20)19-30(2,3)4)28(37)14-21-9-8-10-22(13-21)17-33-27-16-29(31(5,6)7)35-26-12-11-23(32)15-24(26)27/h11-12,16,18,20-23,25H,8-10,13-15,17,19,32H2,1-7H3,(H,33,35)/t20?,21-,22?,23+,25?/m1/s1. The van der Waals surface area contributed by atoms with Crippen LogP contribution in [0.4, 0.5) is 5.69 Å². The van der Waals surface area contributed by atoms with Crippen LogP contribution in [0.2, 0.25) is 0 Å². The van der Waals surface area contributed by atoms with Crippen molar-refractivity contribution < 1.29 is 4.79 Å². The fourth-order valence-corrected chi connectivity index (χ4v) is 6.05. The summed E-state index contributed by atoms with van der Waals surface area (Å²) in [5.74, 6) is 1.34. The molecule has 0 spiro atoms. The van der Waals surface area contributed by atoms with Crippen molar-refractivity contribution in [1.29, 1.82) is 0 Å². The van der Waals surface area contributed by atoms with Crippen LogP contribution in [0, 0.1) is 23.2 Å². The molecule has 6 heteroatoms. The largest absolute Gasteiger partial charge is 0.384 e. The van der Waals surface area contributed by atoms with Gasteiger partial charge < -0.3 is 11.1 Å². The number of rotatable bonds is 7. The molecular formula is C31H49N5O. The van der Waals surface area contributed by atoms with Gasteiger partial charge in [0.1, 0.15) is 5.78 Å². The maximum Gasteiger partial charge on any atom is 0.143 e. The summed E-state index contributed by atoms with van der Waals surface area (Å²) >= 11 is 0. The third kappa shape index (κ3) is 7.01. The maximum absolute atomic E-state index is 13.3. The normalized spacial score (nSPS) is 27.9. The molecule has 2 heterocycles. The van der Waals surface area contributed by atoms with Crippen LogP contribution < -0.4 is 11.1 Å². The number of nitrogens with two attached hydrogens (primary N) is 1. The molecule has 3 N–H and O–H groups in total. The van der Waals surface area contributed by atoms with Gasteiger partial charge in [0, 0.05) is 54.1 Å². The maximum atomic E-state index is 13.3. The van der Waals surface area contributed by atoms with Crippen molar-refractivity contribution in [3.63, 3.8) is 0 Å². The predicted molar refractivity (Wildman–Crippen MR) is 155 cm³/mol. The summed E-state index contributed by atoms with van der Waals surface area (Å²) in [6.07, 6.45) is 12.2. The summed E-state index contributed by atoms with van der Waals surface area (Å²) in [6.45, 7) is 17.3. The van der Waals surface area contributed by atoms with E-state index in [4.69, 9.17) is 10.7 Å².